The minimum absolute atomic E-state index is 0.000190. The van der Waals surface area contributed by atoms with Gasteiger partial charge in [-0.05, 0) is 22.8 Å². The zero-order valence-corrected chi connectivity index (χ0v) is 12.4. The molecular weight excluding hydrogens is 282 g/mol. The summed E-state index contributed by atoms with van der Waals surface area (Å²) in [6, 6.07) is 12.8. The van der Waals surface area contributed by atoms with Gasteiger partial charge in [0.1, 0.15) is 5.69 Å². The van der Waals surface area contributed by atoms with Crippen LogP contribution in [0.1, 0.15) is 16.7 Å². The molecule has 0 amide bonds. The summed E-state index contributed by atoms with van der Waals surface area (Å²) >= 11 is 0. The Morgan fingerprint density at radius 3 is 2.50 bits per heavy atom. The number of aliphatic hydroxyl groups is 1. The first kappa shape index (κ1) is 15.9. The van der Waals surface area contributed by atoms with Crippen molar-refractivity contribution >= 4 is 11.4 Å². The molecule has 22 heavy (non-hydrogen) atoms. The second-order valence-corrected chi connectivity index (χ2v) is 4.89. The predicted molar refractivity (Wildman–Crippen MR) is 85.6 cm³/mol. The van der Waals surface area contributed by atoms with Gasteiger partial charge in [-0.3, -0.25) is 10.1 Å². The smallest absolute Gasteiger partial charge is 0.292 e. The number of nitro groups is 1. The Kier molecular flexibility index (Phi) is 5.46. The normalized spacial score (nSPS) is 10.5. The van der Waals surface area contributed by atoms with Crippen LogP contribution in [-0.2, 0) is 19.7 Å². The molecule has 0 radical (unpaired) electrons. The molecule has 0 unspecified atom stereocenters. The molecule has 3 N–H and O–H groups in total. The van der Waals surface area contributed by atoms with Gasteiger partial charge in [0.25, 0.3) is 5.69 Å². The van der Waals surface area contributed by atoms with E-state index >= 15 is 0 Å². The number of nitro benzene ring substituents is 1. The Bertz CT molecular complexity index is 659. The van der Waals surface area contributed by atoms with Gasteiger partial charge in [0, 0.05) is 26.2 Å². The van der Waals surface area contributed by atoms with Crippen LogP contribution < -0.4 is 10.6 Å². The van der Waals surface area contributed by atoms with Crippen LogP contribution in [0, 0.1) is 10.1 Å². The number of hydrogen-bond donors (Lipinski definition) is 3. The first-order valence-corrected chi connectivity index (χ1v) is 6.99. The third-order valence-corrected chi connectivity index (χ3v) is 3.46. The number of nitrogens with zero attached hydrogens (tertiary/aromatic N) is 1. The van der Waals surface area contributed by atoms with Crippen molar-refractivity contribution in [2.24, 2.45) is 0 Å². The molecule has 0 aliphatic rings. The molecule has 0 saturated carbocycles. The standard InChI is InChI=1S/C16H19N3O3/c1-17-15-7-6-12(8-16(15)19(21)22)9-18-10-13-4-2-3-5-14(13)11-20/h2-8,17-18,20H,9-11H2,1H3. The van der Waals surface area contributed by atoms with Crippen LogP contribution in [0.15, 0.2) is 42.5 Å². The average Bonchev–Trinajstić information content (AvgIpc) is 2.55. The molecule has 2 aromatic carbocycles. The maximum atomic E-state index is 11.0. The van der Waals surface area contributed by atoms with Gasteiger partial charge in [-0.25, -0.2) is 0 Å². The molecule has 0 aromatic heterocycles. The SMILES string of the molecule is CNc1ccc(CNCc2ccccc2CO)cc1[N+](=O)[O-]. The van der Waals surface area contributed by atoms with E-state index in [1.54, 1.807) is 19.2 Å². The second-order valence-electron chi connectivity index (χ2n) is 4.89. The van der Waals surface area contributed by atoms with Crippen LogP contribution in [0.4, 0.5) is 11.4 Å². The molecule has 0 aliphatic carbocycles. The summed E-state index contributed by atoms with van der Waals surface area (Å²) in [7, 11) is 1.66. The minimum Gasteiger partial charge on any atom is -0.392 e. The Morgan fingerprint density at radius 1 is 1.14 bits per heavy atom. The van der Waals surface area contributed by atoms with Crippen molar-refractivity contribution in [2.45, 2.75) is 19.7 Å². The van der Waals surface area contributed by atoms with E-state index in [-0.39, 0.29) is 12.3 Å². The van der Waals surface area contributed by atoms with Crippen molar-refractivity contribution < 1.29 is 10.0 Å². The summed E-state index contributed by atoms with van der Waals surface area (Å²) in [5, 5.41) is 26.4. The van der Waals surface area contributed by atoms with Crippen LogP contribution >= 0.6 is 0 Å². The fourth-order valence-electron chi connectivity index (χ4n) is 2.28. The molecule has 0 heterocycles. The fraction of sp³-hybridized carbons (Fsp3) is 0.250. The maximum Gasteiger partial charge on any atom is 0.292 e. The van der Waals surface area contributed by atoms with E-state index in [2.05, 4.69) is 10.6 Å². The number of benzene rings is 2. The summed E-state index contributed by atoms with van der Waals surface area (Å²) < 4.78 is 0. The largest absolute Gasteiger partial charge is 0.392 e. The van der Waals surface area contributed by atoms with Crippen LogP contribution in [-0.4, -0.2) is 17.1 Å². The van der Waals surface area contributed by atoms with Crippen LogP contribution in [0.25, 0.3) is 0 Å². The van der Waals surface area contributed by atoms with E-state index in [4.69, 9.17) is 0 Å². The third-order valence-electron chi connectivity index (χ3n) is 3.46. The Labute approximate surface area is 128 Å². The molecule has 116 valence electrons. The van der Waals surface area contributed by atoms with Crippen molar-refractivity contribution in [3.8, 4) is 0 Å². The van der Waals surface area contributed by atoms with Crippen molar-refractivity contribution in [3.05, 3.63) is 69.3 Å². The van der Waals surface area contributed by atoms with E-state index in [1.807, 2.05) is 30.3 Å². The Hall–Kier alpha value is -2.44. The van der Waals surface area contributed by atoms with Gasteiger partial charge in [0.05, 0.1) is 11.5 Å². The van der Waals surface area contributed by atoms with E-state index in [1.165, 1.54) is 0 Å². The lowest BCUT2D eigenvalue weighted by Crippen LogP contribution is -2.14. The van der Waals surface area contributed by atoms with Crippen molar-refractivity contribution in [1.82, 2.24) is 5.32 Å². The van der Waals surface area contributed by atoms with Gasteiger partial charge in [0.2, 0.25) is 0 Å². The number of nitrogens with one attached hydrogen (secondary N) is 2. The number of rotatable bonds is 7. The molecule has 6 heteroatoms. The molecule has 0 fully saturated rings. The zero-order chi connectivity index (χ0) is 15.9. The minimum atomic E-state index is -0.392. The van der Waals surface area contributed by atoms with Gasteiger partial charge in [0.15, 0.2) is 0 Å². The van der Waals surface area contributed by atoms with E-state index < -0.39 is 4.92 Å². The van der Waals surface area contributed by atoms with Gasteiger partial charge in [-0.2, -0.15) is 0 Å². The highest BCUT2D eigenvalue weighted by atomic mass is 16.6. The van der Waals surface area contributed by atoms with Gasteiger partial charge in [-0.1, -0.05) is 30.3 Å². The summed E-state index contributed by atoms with van der Waals surface area (Å²) in [4.78, 5) is 10.6. The summed E-state index contributed by atoms with van der Waals surface area (Å²) in [5.74, 6) is 0. The molecule has 0 atom stereocenters. The monoisotopic (exact) mass is 301 g/mol. The lowest BCUT2D eigenvalue weighted by atomic mass is 10.1. The summed E-state index contributed by atoms with van der Waals surface area (Å²) in [5.41, 5.74) is 3.31. The zero-order valence-electron chi connectivity index (χ0n) is 12.4. The van der Waals surface area contributed by atoms with Gasteiger partial charge in [-0.15, -0.1) is 0 Å². The van der Waals surface area contributed by atoms with E-state index in [0.29, 0.717) is 18.8 Å². The van der Waals surface area contributed by atoms with Crippen molar-refractivity contribution in [1.29, 1.82) is 0 Å². The van der Waals surface area contributed by atoms with Crippen LogP contribution in [0.5, 0.6) is 0 Å². The first-order chi connectivity index (χ1) is 10.7. The molecule has 2 aromatic rings. The summed E-state index contributed by atoms with van der Waals surface area (Å²) in [6.45, 7) is 1.11. The van der Waals surface area contributed by atoms with Crippen molar-refractivity contribution in [3.63, 3.8) is 0 Å². The van der Waals surface area contributed by atoms with E-state index in [9.17, 15) is 15.2 Å². The number of anilines is 1. The van der Waals surface area contributed by atoms with E-state index in [0.717, 1.165) is 16.7 Å². The highest BCUT2D eigenvalue weighted by Crippen LogP contribution is 2.25. The molecule has 0 spiro atoms. The number of aliphatic hydroxyl groups excluding tert-OH is 1. The lowest BCUT2D eigenvalue weighted by Gasteiger charge is -2.10. The highest BCUT2D eigenvalue weighted by Gasteiger charge is 2.13. The summed E-state index contributed by atoms with van der Waals surface area (Å²) in [6.07, 6.45) is 0. The Morgan fingerprint density at radius 2 is 1.86 bits per heavy atom. The molecule has 0 aliphatic heterocycles. The quantitative estimate of drug-likeness (QED) is 0.540. The Balaban J connectivity index is 2.03. The van der Waals surface area contributed by atoms with Gasteiger partial charge >= 0.3 is 0 Å². The molecular formula is C16H19N3O3. The molecule has 6 nitrogen and oxygen atoms in total. The average molecular weight is 301 g/mol. The topological polar surface area (TPSA) is 87.4 Å². The van der Waals surface area contributed by atoms with Crippen LogP contribution in [0.2, 0.25) is 0 Å². The third kappa shape index (κ3) is 3.81. The van der Waals surface area contributed by atoms with Crippen LogP contribution in [0.3, 0.4) is 0 Å². The molecule has 2 rings (SSSR count). The molecule has 0 bridgehead atoms. The van der Waals surface area contributed by atoms with Crippen molar-refractivity contribution in [2.75, 3.05) is 12.4 Å². The first-order valence-electron chi connectivity index (χ1n) is 6.99. The number of hydrogen-bond acceptors (Lipinski definition) is 5. The second kappa shape index (κ2) is 7.53. The molecule has 0 saturated heterocycles. The van der Waals surface area contributed by atoms with Gasteiger partial charge < -0.3 is 15.7 Å². The predicted octanol–water partition coefficient (Wildman–Crippen LogP) is 2.42. The highest BCUT2D eigenvalue weighted by molar-refractivity contribution is 5.62. The fourth-order valence-corrected chi connectivity index (χ4v) is 2.28. The lowest BCUT2D eigenvalue weighted by molar-refractivity contribution is -0.384. The maximum absolute atomic E-state index is 11.0.